The lowest BCUT2D eigenvalue weighted by Gasteiger charge is -2.39. The van der Waals surface area contributed by atoms with Crippen LogP contribution < -0.4 is 5.43 Å². The first-order valence-electron chi connectivity index (χ1n) is 28.0. The number of hydrogen-bond donors (Lipinski definition) is 0. The van der Waals surface area contributed by atoms with E-state index in [0.717, 1.165) is 7.11 Å². The number of methoxy groups -OCH3 is 1. The lowest BCUT2D eigenvalue weighted by atomic mass is 9.98. The van der Waals surface area contributed by atoms with Gasteiger partial charge in [0.2, 0.25) is 5.91 Å². The molecule has 0 N–H and O–H groups in total. The average Bonchev–Trinajstić information content (AvgIpc) is 3.37. The number of likely N-dealkylation sites (tertiary alicyclic amines) is 1. The molecule has 278 valence electrons. The minimum Gasteiger partial charge on any atom is -0.383 e. The maximum Gasteiger partial charge on any atom is 0.416 e. The molecule has 4 aromatic carbocycles. The van der Waals surface area contributed by atoms with E-state index in [2.05, 4.69) is 0 Å². The second-order valence-electron chi connectivity index (χ2n) is 10.7. The highest BCUT2D eigenvalue weighted by Crippen LogP contribution is 2.34. The van der Waals surface area contributed by atoms with E-state index >= 15 is 9.18 Å². The summed E-state index contributed by atoms with van der Waals surface area (Å²) < 4.78 is 306. The van der Waals surface area contributed by atoms with Crippen molar-refractivity contribution in [1.82, 2.24) is 14.4 Å². The Bertz CT molecular complexity index is 3380. The minimum absolute atomic E-state index is 0.0419. The fraction of sp³-hybridized carbons (Fsp3) is 0.317. The molecular weight excluding hydrogens is 710 g/mol. The van der Waals surface area contributed by atoms with Gasteiger partial charge in [0.05, 0.1) is 44.6 Å². The van der Waals surface area contributed by atoms with Gasteiger partial charge in [0.1, 0.15) is 6.54 Å². The maximum atomic E-state index is 15.6. The molecule has 53 heavy (non-hydrogen) atoms. The summed E-state index contributed by atoms with van der Waals surface area (Å²) in [6, 6.07) is -25.2. The topological polar surface area (TPSA) is 54.8 Å². The Morgan fingerprint density at radius 1 is 1.02 bits per heavy atom. The number of pyridine rings is 1. The molecule has 1 saturated heterocycles. The van der Waals surface area contributed by atoms with E-state index < -0.39 is 245 Å². The molecule has 1 fully saturated rings. The van der Waals surface area contributed by atoms with Crippen LogP contribution in [0, 0.1) is 18.6 Å². The summed E-state index contributed by atoms with van der Waals surface area (Å²) in [5, 5.41) is -2.51. The zero-order chi connectivity index (χ0) is 60.6. The number of thioether (sulfide) groups is 1. The third-order valence-electron chi connectivity index (χ3n) is 7.18. The van der Waals surface area contributed by atoms with Crippen LogP contribution in [-0.4, -0.2) is 59.5 Å². The SMILES string of the molecule is [2H]c1c([2H])c(F)c(F)c(C([2H])([2H])Sc2c([2H])c(=O)c3c([2H])c([2H])c([2H])c([2H])c3n2CC(=O)N(Cc2c([2H])c([2H])c(-c3c([2H])c([2H])c(C(F)(F)F)c(C)c3[2H])c([2H])c2[2H])C2([2H])C([2H])([2H])C([2H])([2H])N(CCOC)C([2H])([2H])C2([2H])[2H])c1[2H]. The number of nitrogens with zero attached hydrogens (tertiary/aromatic N) is 3. The number of fused-ring (bicyclic) bond motifs is 1. The molecule has 6 rings (SSSR count). The summed E-state index contributed by atoms with van der Waals surface area (Å²) in [6.07, 6.45) is -14.0. The minimum atomic E-state index is -5.33. The number of rotatable bonds is 12. The first kappa shape index (κ1) is 17.3. The van der Waals surface area contributed by atoms with E-state index in [1.165, 1.54) is 0 Å². The highest BCUT2D eigenvalue weighted by atomic mass is 32.2. The van der Waals surface area contributed by atoms with Gasteiger partial charge in [0.25, 0.3) is 0 Å². The summed E-state index contributed by atoms with van der Waals surface area (Å²) in [6.45, 7) is -12.7. The van der Waals surface area contributed by atoms with Crippen LogP contribution in [0.15, 0.2) is 100 Å². The van der Waals surface area contributed by atoms with Crippen molar-refractivity contribution in [2.45, 2.75) is 55.7 Å². The van der Waals surface area contributed by atoms with Crippen LogP contribution in [0.5, 0.6) is 0 Å². The third kappa shape index (κ3) is 9.00. The highest BCUT2D eigenvalue weighted by molar-refractivity contribution is 7.98. The molecule has 0 spiro atoms. The molecule has 0 bridgehead atoms. The van der Waals surface area contributed by atoms with Gasteiger partial charge in [-0.15, -0.1) is 11.8 Å². The number of para-hydroxylation sites is 1. The highest BCUT2D eigenvalue weighted by Gasteiger charge is 2.32. The first-order valence-corrected chi connectivity index (χ1v) is 15.8. The number of carbonyl (C=O) groups is 1. The van der Waals surface area contributed by atoms with E-state index in [1.807, 2.05) is 0 Å². The van der Waals surface area contributed by atoms with Crippen LogP contribution in [0.25, 0.3) is 22.0 Å². The number of amides is 1. The van der Waals surface area contributed by atoms with Crippen molar-refractivity contribution in [3.05, 3.63) is 135 Å². The number of alkyl halides is 3. The standard InChI is InChI=1S/C41H40F5N3O3S/c1-27-22-30(14-15-34(27)41(44,45)46)29-12-10-28(11-13-29)24-48(32-16-18-47(19-17-32)20-21-52-2)38(51)25-49-36-9-4-3-7-33(36)37(50)23-39(49)53-26-31-6-5-8-35(42)40(31)43/h3-15,22-23,32H,16-21,24-26H2,1-2H3/i3D,4D,5D,6D,7D,8D,9D,10D,11D,12D,13D,14D,15D,16D2,17D2,18D2,19D2,22D,23D,26D2,32D. The first-order chi connectivity index (χ1) is 35.8. The molecule has 0 unspecified atom stereocenters. The van der Waals surface area contributed by atoms with Gasteiger partial charge < -0.3 is 19.1 Å². The van der Waals surface area contributed by atoms with Crippen molar-refractivity contribution < 1.29 is 67.1 Å². The lowest BCUT2D eigenvalue weighted by molar-refractivity contribution is -0.138. The molecule has 0 atom stereocenters. The van der Waals surface area contributed by atoms with E-state index in [4.69, 9.17) is 33.5 Å². The van der Waals surface area contributed by atoms with Crippen molar-refractivity contribution in [3.63, 3.8) is 0 Å². The molecule has 12 heteroatoms. The van der Waals surface area contributed by atoms with Crippen LogP contribution in [0.1, 0.15) is 70.6 Å². The fourth-order valence-corrected chi connectivity index (χ4v) is 5.37. The summed E-state index contributed by atoms with van der Waals surface area (Å²) in [5.41, 5.74) is -14.5. The molecule has 0 saturated carbocycles. The Hall–Kier alpha value is -4.52. The smallest absolute Gasteiger partial charge is 0.383 e. The Labute approximate surface area is 345 Å². The van der Waals surface area contributed by atoms with Crippen molar-refractivity contribution >= 4 is 28.6 Å². The molecule has 0 aliphatic carbocycles. The van der Waals surface area contributed by atoms with E-state index in [-0.39, 0.29) is 14.4 Å². The predicted molar refractivity (Wildman–Crippen MR) is 198 cm³/mol. The van der Waals surface area contributed by atoms with Gasteiger partial charge in [-0.25, -0.2) is 8.78 Å². The van der Waals surface area contributed by atoms with Crippen LogP contribution in [0.4, 0.5) is 22.0 Å². The van der Waals surface area contributed by atoms with Crippen LogP contribution >= 0.6 is 11.8 Å². The zero-order valence-corrected chi connectivity index (χ0v) is 28.0. The number of aromatic nitrogens is 1. The van der Waals surface area contributed by atoms with Gasteiger partial charge in [-0.3, -0.25) is 9.59 Å². The molecule has 0 radical (unpaired) electrons. The largest absolute Gasteiger partial charge is 0.416 e. The normalized spacial score (nSPS) is 25.9. The van der Waals surface area contributed by atoms with E-state index in [0.29, 0.717) is 6.92 Å². The summed E-state index contributed by atoms with van der Waals surface area (Å²) >= 11 is -0.564. The predicted octanol–water partition coefficient (Wildman–Crippen LogP) is 8.71. The molecular formula is C41H40F5N3O3S. The molecule has 1 aromatic heterocycles. The van der Waals surface area contributed by atoms with Gasteiger partial charge in [0, 0.05) is 75.6 Å². The number of benzene rings is 4. The Kier molecular flexibility index (Phi) is 5.44. The molecule has 6 nitrogen and oxygen atoms in total. The van der Waals surface area contributed by atoms with Crippen LogP contribution in [0.2, 0.25) is 0 Å². The number of hydrogen-bond acceptors (Lipinski definition) is 5. The molecule has 1 amide bonds. The third-order valence-corrected chi connectivity index (χ3v) is 8.00. The van der Waals surface area contributed by atoms with Crippen molar-refractivity contribution in [1.29, 1.82) is 0 Å². The van der Waals surface area contributed by atoms with Gasteiger partial charge in [-0.05, 0) is 66.1 Å². The van der Waals surface area contributed by atoms with Crippen LogP contribution in [-0.2, 0) is 34.5 Å². The average molecular weight is 776 g/mol. The molecule has 1 aliphatic heterocycles. The Morgan fingerprint density at radius 3 is 2.45 bits per heavy atom. The fourth-order valence-electron chi connectivity index (χ4n) is 4.62. The van der Waals surface area contributed by atoms with Gasteiger partial charge in [0.15, 0.2) is 17.1 Å². The van der Waals surface area contributed by atoms with Crippen molar-refractivity contribution in [3.8, 4) is 11.1 Å². The molecule has 5 aromatic rings. The molecule has 2 heterocycles. The number of carbonyl (C=O) groups excluding carboxylic acids is 1. The van der Waals surface area contributed by atoms with Gasteiger partial charge in [-0.2, -0.15) is 13.2 Å². The second kappa shape index (κ2) is 16.7. The van der Waals surface area contributed by atoms with E-state index in [1.54, 1.807) is 0 Å². The lowest BCUT2D eigenvalue weighted by Crippen LogP contribution is -2.48. The van der Waals surface area contributed by atoms with Gasteiger partial charge in [-0.1, -0.05) is 60.4 Å². The molecule has 1 aliphatic rings. The second-order valence-corrected chi connectivity index (χ2v) is 11.5. The monoisotopic (exact) mass is 775 g/mol. The quantitative estimate of drug-likeness (QED) is 0.0939. The number of piperidine rings is 1. The van der Waals surface area contributed by atoms with Gasteiger partial charge >= 0.3 is 6.18 Å². The number of ether oxygens (including phenoxy) is 1. The number of halogens is 5. The summed E-state index contributed by atoms with van der Waals surface area (Å²) in [4.78, 5) is 29.2. The Balaban J connectivity index is 1.75. The Morgan fingerprint density at radius 2 is 1.74 bits per heavy atom. The summed E-state index contributed by atoms with van der Waals surface area (Å²) in [7, 11) is 1.04. The van der Waals surface area contributed by atoms with Crippen molar-refractivity contribution in [2.75, 3.05) is 33.3 Å². The van der Waals surface area contributed by atoms with Crippen LogP contribution in [0.3, 0.4) is 0 Å². The zero-order valence-electron chi connectivity index (χ0n) is 53.2. The van der Waals surface area contributed by atoms with E-state index in [9.17, 15) is 29.2 Å². The maximum absolute atomic E-state index is 15.6. The van der Waals surface area contributed by atoms with Crippen molar-refractivity contribution in [2.24, 2.45) is 0 Å². The summed E-state index contributed by atoms with van der Waals surface area (Å²) in [5.74, 6) is -6.55.